The number of nitrogens with zero attached hydrogens (tertiary/aromatic N) is 4. The van der Waals surface area contributed by atoms with Crippen LogP contribution in [0.4, 0.5) is 8.78 Å². The highest BCUT2D eigenvalue weighted by Crippen LogP contribution is 2.22. The minimum Gasteiger partial charge on any atom is -0.299 e. The number of fused-ring (bicyclic) bond motifs is 1. The van der Waals surface area contributed by atoms with Crippen molar-refractivity contribution in [3.8, 4) is 0 Å². The smallest absolute Gasteiger partial charge is 0.299 e. The summed E-state index contributed by atoms with van der Waals surface area (Å²) in [5, 5.41) is 0. The topological polar surface area (TPSA) is 58.4 Å². The number of imidazole rings is 1. The van der Waals surface area contributed by atoms with Gasteiger partial charge in [-0.3, -0.25) is 24.0 Å². The fourth-order valence-corrected chi connectivity index (χ4v) is 2.91. The first-order valence-corrected chi connectivity index (χ1v) is 7.92. The van der Waals surface area contributed by atoms with E-state index in [9.17, 15) is 18.4 Å². The summed E-state index contributed by atoms with van der Waals surface area (Å²) in [5.41, 5.74) is 0.861. The number of rotatable bonds is 7. The molecule has 0 spiro atoms. The van der Waals surface area contributed by atoms with E-state index in [0.717, 1.165) is 4.57 Å². The lowest BCUT2D eigenvalue weighted by molar-refractivity contribution is 0.0622. The van der Waals surface area contributed by atoms with Gasteiger partial charge in [0.1, 0.15) is 5.82 Å². The quantitative estimate of drug-likeness (QED) is 0.721. The van der Waals surface area contributed by atoms with E-state index in [1.807, 2.05) is 4.90 Å². The molecule has 0 N–H and O–H groups in total. The molecular formula is C17H18F2N4O2. The predicted molar refractivity (Wildman–Crippen MR) is 86.2 cm³/mol. The predicted octanol–water partition coefficient (Wildman–Crippen LogP) is 2.40. The van der Waals surface area contributed by atoms with Gasteiger partial charge in [-0.05, 0) is 25.6 Å². The Kier molecular flexibility index (Phi) is 4.89. The van der Waals surface area contributed by atoms with Crippen LogP contribution in [0.3, 0.4) is 0 Å². The maximum Gasteiger partial charge on any atom is 0.319 e. The van der Waals surface area contributed by atoms with E-state index in [1.165, 1.54) is 17.3 Å². The Morgan fingerprint density at radius 1 is 1.16 bits per heavy atom. The summed E-state index contributed by atoms with van der Waals surface area (Å²) in [7, 11) is 1.78. The summed E-state index contributed by atoms with van der Waals surface area (Å²) >= 11 is 0. The summed E-state index contributed by atoms with van der Waals surface area (Å²) < 4.78 is 26.4. The van der Waals surface area contributed by atoms with Gasteiger partial charge in [0.25, 0.3) is 11.8 Å². The van der Waals surface area contributed by atoms with Crippen molar-refractivity contribution < 1.29 is 18.4 Å². The maximum atomic E-state index is 12.8. The Morgan fingerprint density at radius 2 is 1.80 bits per heavy atom. The minimum atomic E-state index is -2.62. The van der Waals surface area contributed by atoms with Gasteiger partial charge in [0.2, 0.25) is 0 Å². The second-order valence-corrected chi connectivity index (χ2v) is 5.93. The van der Waals surface area contributed by atoms with Crippen molar-refractivity contribution >= 4 is 11.8 Å². The first-order chi connectivity index (χ1) is 12.0. The molecule has 8 heteroatoms. The molecule has 0 saturated heterocycles. The Hall–Kier alpha value is -2.61. The van der Waals surface area contributed by atoms with Crippen LogP contribution in [0.15, 0.2) is 36.7 Å². The molecule has 0 atom stereocenters. The molecule has 1 aromatic carbocycles. The first-order valence-electron chi connectivity index (χ1n) is 7.92. The fraction of sp³-hybridized carbons (Fsp3) is 0.353. The van der Waals surface area contributed by atoms with Gasteiger partial charge < -0.3 is 0 Å². The van der Waals surface area contributed by atoms with Crippen LogP contribution in [0.5, 0.6) is 0 Å². The van der Waals surface area contributed by atoms with Gasteiger partial charge in [0, 0.05) is 25.5 Å². The number of carbonyl (C=O) groups excluding carboxylic acids is 2. The van der Waals surface area contributed by atoms with Crippen LogP contribution in [0, 0.1) is 0 Å². The molecule has 0 fully saturated rings. The Morgan fingerprint density at radius 3 is 2.40 bits per heavy atom. The van der Waals surface area contributed by atoms with Gasteiger partial charge in [-0.25, -0.2) is 4.98 Å². The number of alkyl halides is 2. The molecule has 0 unspecified atom stereocenters. The lowest BCUT2D eigenvalue weighted by Gasteiger charge is -2.19. The number of halogens is 2. The number of hydrogen-bond donors (Lipinski definition) is 0. The molecule has 3 rings (SSSR count). The van der Waals surface area contributed by atoms with Crippen LogP contribution in [-0.4, -0.2) is 51.3 Å². The summed E-state index contributed by atoms with van der Waals surface area (Å²) in [4.78, 5) is 31.5. The zero-order valence-corrected chi connectivity index (χ0v) is 13.7. The summed E-state index contributed by atoms with van der Waals surface area (Å²) in [5.74, 6) is -0.286. The number of aromatic nitrogens is 2. The second-order valence-electron chi connectivity index (χ2n) is 5.93. The number of benzene rings is 1. The van der Waals surface area contributed by atoms with Crippen molar-refractivity contribution in [3.05, 3.63) is 53.6 Å². The van der Waals surface area contributed by atoms with Crippen molar-refractivity contribution in [2.75, 3.05) is 20.1 Å². The largest absolute Gasteiger partial charge is 0.319 e. The van der Waals surface area contributed by atoms with E-state index in [1.54, 1.807) is 31.3 Å². The number of amides is 2. The molecule has 0 radical (unpaired) electrons. The molecule has 1 aliphatic rings. The van der Waals surface area contributed by atoms with Crippen LogP contribution < -0.4 is 0 Å². The molecule has 25 heavy (non-hydrogen) atoms. The zero-order valence-electron chi connectivity index (χ0n) is 13.7. The normalized spacial score (nSPS) is 14.0. The molecule has 0 saturated carbocycles. The molecular weight excluding hydrogens is 330 g/mol. The second kappa shape index (κ2) is 7.10. The zero-order chi connectivity index (χ0) is 18.0. The number of hydrogen-bond acceptors (Lipinski definition) is 4. The SMILES string of the molecule is CN(CCCN1C(=O)c2ccccc2C1=O)Cc1nccn1C(F)F. The average Bonchev–Trinajstić information content (AvgIpc) is 3.14. The molecule has 2 heterocycles. The average molecular weight is 348 g/mol. The summed E-state index contributed by atoms with van der Waals surface area (Å²) in [6, 6.07) is 6.75. The van der Waals surface area contributed by atoms with E-state index in [0.29, 0.717) is 30.6 Å². The van der Waals surface area contributed by atoms with E-state index in [-0.39, 0.29) is 24.2 Å². The van der Waals surface area contributed by atoms with Crippen LogP contribution in [0.25, 0.3) is 0 Å². The highest BCUT2D eigenvalue weighted by molar-refractivity contribution is 6.21. The molecule has 132 valence electrons. The van der Waals surface area contributed by atoms with Crippen molar-refractivity contribution in [1.29, 1.82) is 0 Å². The number of carbonyl (C=O) groups is 2. The Bertz CT molecular complexity index is 755. The lowest BCUT2D eigenvalue weighted by Crippen LogP contribution is -2.33. The molecule has 6 nitrogen and oxygen atoms in total. The van der Waals surface area contributed by atoms with Crippen LogP contribution in [-0.2, 0) is 6.54 Å². The fourth-order valence-electron chi connectivity index (χ4n) is 2.91. The third kappa shape index (κ3) is 3.43. The highest BCUT2D eigenvalue weighted by Gasteiger charge is 2.34. The monoisotopic (exact) mass is 348 g/mol. The van der Waals surface area contributed by atoms with Crippen molar-refractivity contribution in [3.63, 3.8) is 0 Å². The highest BCUT2D eigenvalue weighted by atomic mass is 19.3. The lowest BCUT2D eigenvalue weighted by atomic mass is 10.1. The Labute approximate surface area is 143 Å². The van der Waals surface area contributed by atoms with Crippen molar-refractivity contribution in [2.45, 2.75) is 19.5 Å². The van der Waals surface area contributed by atoms with E-state index in [2.05, 4.69) is 4.98 Å². The standard InChI is InChI=1S/C17H18F2N4O2/c1-21(11-14-20-7-10-22(14)17(18)19)8-4-9-23-15(24)12-5-2-3-6-13(12)16(23)25/h2-3,5-7,10,17H,4,8-9,11H2,1H3. The van der Waals surface area contributed by atoms with Crippen LogP contribution >= 0.6 is 0 Å². The maximum absolute atomic E-state index is 12.8. The van der Waals surface area contributed by atoms with Gasteiger partial charge in [-0.2, -0.15) is 8.78 Å². The summed E-state index contributed by atoms with van der Waals surface area (Å²) in [6.45, 7) is -1.52. The van der Waals surface area contributed by atoms with Gasteiger partial charge in [0.05, 0.1) is 17.7 Å². The van der Waals surface area contributed by atoms with Crippen molar-refractivity contribution in [1.82, 2.24) is 19.4 Å². The molecule has 2 amide bonds. The van der Waals surface area contributed by atoms with Gasteiger partial charge in [-0.15, -0.1) is 0 Å². The molecule has 2 aromatic rings. The third-order valence-corrected chi connectivity index (χ3v) is 4.17. The van der Waals surface area contributed by atoms with E-state index >= 15 is 0 Å². The van der Waals surface area contributed by atoms with Gasteiger partial charge >= 0.3 is 6.55 Å². The molecule has 1 aliphatic heterocycles. The molecule has 0 bridgehead atoms. The Balaban J connectivity index is 1.53. The minimum absolute atomic E-state index is 0.263. The molecule has 1 aromatic heterocycles. The first kappa shape index (κ1) is 17.2. The molecule has 0 aliphatic carbocycles. The van der Waals surface area contributed by atoms with Crippen molar-refractivity contribution in [2.24, 2.45) is 0 Å². The summed E-state index contributed by atoms with van der Waals surface area (Å²) in [6.07, 6.45) is 3.14. The van der Waals surface area contributed by atoms with Crippen LogP contribution in [0.2, 0.25) is 0 Å². The van der Waals surface area contributed by atoms with Gasteiger partial charge in [0.15, 0.2) is 0 Å². The van der Waals surface area contributed by atoms with Gasteiger partial charge in [-0.1, -0.05) is 12.1 Å². The van der Waals surface area contributed by atoms with Crippen LogP contribution in [0.1, 0.15) is 39.5 Å². The van der Waals surface area contributed by atoms with E-state index < -0.39 is 6.55 Å². The number of imide groups is 1. The third-order valence-electron chi connectivity index (χ3n) is 4.17. The van der Waals surface area contributed by atoms with E-state index in [4.69, 9.17) is 0 Å².